The number of rotatable bonds is 8. The largest absolute Gasteiger partial charge is 0.312 e. The van der Waals surface area contributed by atoms with E-state index in [-0.39, 0.29) is 5.91 Å². The topological polar surface area (TPSA) is 23.6 Å². The molecule has 3 nitrogen and oxygen atoms in total. The van der Waals surface area contributed by atoms with Crippen molar-refractivity contribution in [1.29, 1.82) is 0 Å². The maximum Gasteiger partial charge on any atom is 0.241 e. The molecule has 0 fully saturated rings. The van der Waals surface area contributed by atoms with Crippen LogP contribution in [0.1, 0.15) is 39.2 Å². The predicted octanol–water partition coefficient (Wildman–Crippen LogP) is 3.47. The quantitative estimate of drug-likeness (QED) is 0.726. The van der Waals surface area contributed by atoms with Crippen LogP contribution in [-0.2, 0) is 4.79 Å². The van der Waals surface area contributed by atoms with Crippen LogP contribution in [0, 0.1) is 6.92 Å². The number of anilines is 1. The van der Waals surface area contributed by atoms with Gasteiger partial charge in [-0.05, 0) is 57.5 Å². The van der Waals surface area contributed by atoms with Crippen LogP contribution < -0.4 is 4.90 Å². The number of hydrogen-bond acceptors (Lipinski definition) is 2. The van der Waals surface area contributed by atoms with E-state index in [1.807, 2.05) is 24.0 Å². The molecule has 0 aliphatic heterocycles. The van der Waals surface area contributed by atoms with Crippen molar-refractivity contribution < 1.29 is 4.79 Å². The van der Waals surface area contributed by atoms with E-state index in [4.69, 9.17) is 0 Å². The van der Waals surface area contributed by atoms with Gasteiger partial charge in [-0.3, -0.25) is 9.69 Å². The SMILES string of the molecule is CCCN(CCC)CC(=O)N(CC)c1cccc(C)c1. The molecule has 0 aromatic heterocycles. The van der Waals surface area contributed by atoms with Crippen molar-refractivity contribution in [2.45, 2.75) is 40.5 Å². The fourth-order valence-corrected chi connectivity index (χ4v) is 2.48. The molecule has 0 bridgehead atoms. The number of aryl methyl sites for hydroxylation is 1. The summed E-state index contributed by atoms with van der Waals surface area (Å²) in [4.78, 5) is 16.7. The highest BCUT2D eigenvalue weighted by molar-refractivity contribution is 5.94. The third-order valence-electron chi connectivity index (χ3n) is 3.37. The maximum atomic E-state index is 12.5. The zero-order valence-corrected chi connectivity index (χ0v) is 13.4. The summed E-state index contributed by atoms with van der Waals surface area (Å²) in [6.07, 6.45) is 2.17. The van der Waals surface area contributed by atoms with Crippen molar-refractivity contribution in [3.63, 3.8) is 0 Å². The Hall–Kier alpha value is -1.35. The lowest BCUT2D eigenvalue weighted by molar-refractivity contribution is -0.119. The van der Waals surface area contributed by atoms with E-state index in [0.717, 1.165) is 31.6 Å². The summed E-state index contributed by atoms with van der Waals surface area (Å²) in [7, 11) is 0. The van der Waals surface area contributed by atoms with Crippen LogP contribution >= 0.6 is 0 Å². The molecule has 0 spiro atoms. The first-order valence-electron chi connectivity index (χ1n) is 7.71. The number of amides is 1. The lowest BCUT2D eigenvalue weighted by atomic mass is 10.2. The fraction of sp³-hybridized carbons (Fsp3) is 0.588. The Morgan fingerprint density at radius 3 is 2.25 bits per heavy atom. The molecule has 0 unspecified atom stereocenters. The zero-order chi connectivity index (χ0) is 15.0. The van der Waals surface area contributed by atoms with Crippen molar-refractivity contribution in [1.82, 2.24) is 4.90 Å². The van der Waals surface area contributed by atoms with Crippen LogP contribution in [0.2, 0.25) is 0 Å². The van der Waals surface area contributed by atoms with Crippen LogP contribution in [0.15, 0.2) is 24.3 Å². The van der Waals surface area contributed by atoms with Gasteiger partial charge in [-0.1, -0.05) is 26.0 Å². The number of nitrogens with zero attached hydrogens (tertiary/aromatic N) is 2. The molecule has 0 radical (unpaired) electrons. The van der Waals surface area contributed by atoms with Crippen LogP contribution in [0.4, 0.5) is 5.69 Å². The van der Waals surface area contributed by atoms with Gasteiger partial charge in [-0.2, -0.15) is 0 Å². The Labute approximate surface area is 123 Å². The average Bonchev–Trinajstić information content (AvgIpc) is 2.40. The molecule has 0 heterocycles. The van der Waals surface area contributed by atoms with Gasteiger partial charge in [-0.15, -0.1) is 0 Å². The summed E-state index contributed by atoms with van der Waals surface area (Å²) in [5.41, 5.74) is 2.19. The van der Waals surface area contributed by atoms with Gasteiger partial charge < -0.3 is 4.90 Å². The minimum atomic E-state index is 0.194. The van der Waals surface area contributed by atoms with Gasteiger partial charge in [0.1, 0.15) is 0 Å². The summed E-state index contributed by atoms with van der Waals surface area (Å²) in [5, 5.41) is 0. The summed E-state index contributed by atoms with van der Waals surface area (Å²) in [5.74, 6) is 0.194. The van der Waals surface area contributed by atoms with Crippen molar-refractivity contribution in [3.05, 3.63) is 29.8 Å². The first-order chi connectivity index (χ1) is 9.62. The van der Waals surface area contributed by atoms with Crippen molar-refractivity contribution in [2.75, 3.05) is 31.1 Å². The predicted molar refractivity (Wildman–Crippen MR) is 86.2 cm³/mol. The summed E-state index contributed by atoms with van der Waals surface area (Å²) < 4.78 is 0. The van der Waals surface area contributed by atoms with Crippen LogP contribution in [0.3, 0.4) is 0 Å². The molecular weight excluding hydrogens is 248 g/mol. The summed E-state index contributed by atoms with van der Waals surface area (Å²) in [6.45, 7) is 11.6. The standard InChI is InChI=1S/C17H28N2O/c1-5-11-18(12-6-2)14-17(20)19(7-3)16-10-8-9-15(4)13-16/h8-10,13H,5-7,11-12,14H2,1-4H3. The van der Waals surface area contributed by atoms with Crippen LogP contribution in [0.5, 0.6) is 0 Å². The first kappa shape index (κ1) is 16.7. The van der Waals surface area contributed by atoms with Gasteiger partial charge in [0, 0.05) is 12.2 Å². The highest BCUT2D eigenvalue weighted by Crippen LogP contribution is 2.16. The monoisotopic (exact) mass is 276 g/mol. The molecule has 0 aliphatic rings. The minimum absolute atomic E-state index is 0.194. The van der Waals surface area contributed by atoms with Gasteiger partial charge in [0.25, 0.3) is 0 Å². The Morgan fingerprint density at radius 1 is 1.10 bits per heavy atom. The summed E-state index contributed by atoms with van der Waals surface area (Å²) in [6, 6.07) is 8.16. The molecule has 0 aliphatic carbocycles. The lowest BCUT2D eigenvalue weighted by Crippen LogP contribution is -2.41. The first-order valence-corrected chi connectivity index (χ1v) is 7.71. The number of benzene rings is 1. The molecule has 0 N–H and O–H groups in total. The number of likely N-dealkylation sites (N-methyl/N-ethyl adjacent to an activating group) is 1. The number of hydrogen-bond donors (Lipinski definition) is 0. The van der Waals surface area contributed by atoms with E-state index in [0.29, 0.717) is 13.1 Å². The highest BCUT2D eigenvalue weighted by Gasteiger charge is 2.17. The number of carbonyl (C=O) groups is 1. The Morgan fingerprint density at radius 2 is 1.75 bits per heavy atom. The van der Waals surface area contributed by atoms with Crippen molar-refractivity contribution >= 4 is 11.6 Å². The van der Waals surface area contributed by atoms with Gasteiger partial charge in [-0.25, -0.2) is 0 Å². The van der Waals surface area contributed by atoms with E-state index in [2.05, 4.69) is 37.8 Å². The van der Waals surface area contributed by atoms with Gasteiger partial charge >= 0.3 is 0 Å². The lowest BCUT2D eigenvalue weighted by Gasteiger charge is -2.26. The van der Waals surface area contributed by atoms with E-state index in [1.54, 1.807) is 0 Å². The second kappa shape index (κ2) is 8.75. The Balaban J connectivity index is 2.76. The third-order valence-corrected chi connectivity index (χ3v) is 3.37. The zero-order valence-electron chi connectivity index (χ0n) is 13.4. The fourth-order valence-electron chi connectivity index (χ4n) is 2.48. The molecule has 20 heavy (non-hydrogen) atoms. The van der Waals surface area contributed by atoms with Gasteiger partial charge in [0.2, 0.25) is 5.91 Å². The molecule has 112 valence electrons. The molecular formula is C17H28N2O. The Kier molecular flexibility index (Phi) is 7.31. The van der Waals surface area contributed by atoms with Crippen LogP contribution in [-0.4, -0.2) is 37.0 Å². The molecule has 1 rings (SSSR count). The van der Waals surface area contributed by atoms with Crippen molar-refractivity contribution in [3.8, 4) is 0 Å². The second-order valence-electron chi connectivity index (χ2n) is 5.25. The minimum Gasteiger partial charge on any atom is -0.312 e. The van der Waals surface area contributed by atoms with E-state index in [1.165, 1.54) is 5.56 Å². The average molecular weight is 276 g/mol. The highest BCUT2D eigenvalue weighted by atomic mass is 16.2. The molecule has 0 saturated carbocycles. The third kappa shape index (κ3) is 4.97. The molecule has 0 atom stereocenters. The molecule has 3 heteroatoms. The molecule has 1 aromatic carbocycles. The second-order valence-corrected chi connectivity index (χ2v) is 5.25. The van der Waals surface area contributed by atoms with Crippen LogP contribution in [0.25, 0.3) is 0 Å². The van der Waals surface area contributed by atoms with E-state index < -0.39 is 0 Å². The van der Waals surface area contributed by atoms with E-state index >= 15 is 0 Å². The van der Waals surface area contributed by atoms with Gasteiger partial charge in [0.15, 0.2) is 0 Å². The van der Waals surface area contributed by atoms with E-state index in [9.17, 15) is 4.79 Å². The molecule has 1 aromatic rings. The molecule has 0 saturated heterocycles. The maximum absolute atomic E-state index is 12.5. The normalized spacial score (nSPS) is 10.8. The molecule has 1 amide bonds. The smallest absolute Gasteiger partial charge is 0.241 e. The summed E-state index contributed by atoms with van der Waals surface area (Å²) >= 11 is 0. The number of carbonyl (C=O) groups excluding carboxylic acids is 1. The van der Waals surface area contributed by atoms with Crippen molar-refractivity contribution in [2.24, 2.45) is 0 Å². The van der Waals surface area contributed by atoms with Gasteiger partial charge in [0.05, 0.1) is 6.54 Å². The Bertz CT molecular complexity index is 411.